The van der Waals surface area contributed by atoms with Crippen molar-refractivity contribution in [3.8, 4) is 0 Å². The molecule has 112 valence electrons. The summed E-state index contributed by atoms with van der Waals surface area (Å²) in [5.41, 5.74) is 0. The molecule has 0 saturated carbocycles. The highest BCUT2D eigenvalue weighted by atomic mass is 32.2. The second kappa shape index (κ2) is 7.21. The molecule has 1 fully saturated rings. The number of nitrogens with one attached hydrogen (secondary N) is 1. The fourth-order valence-corrected chi connectivity index (χ4v) is 3.19. The van der Waals surface area contributed by atoms with Gasteiger partial charge in [0.2, 0.25) is 15.9 Å². The van der Waals surface area contributed by atoms with E-state index in [-0.39, 0.29) is 30.1 Å². The molecule has 0 aromatic rings. The minimum Gasteiger partial charge on any atom is -0.396 e. The summed E-state index contributed by atoms with van der Waals surface area (Å²) in [6.45, 7) is 4.84. The molecule has 1 unspecified atom stereocenters. The van der Waals surface area contributed by atoms with Crippen molar-refractivity contribution in [2.24, 2.45) is 11.8 Å². The number of aliphatic hydroxyl groups is 1. The van der Waals surface area contributed by atoms with E-state index < -0.39 is 10.0 Å². The van der Waals surface area contributed by atoms with Crippen LogP contribution in [0.5, 0.6) is 0 Å². The Balaban J connectivity index is 2.39. The molecule has 0 aromatic carbocycles. The van der Waals surface area contributed by atoms with Crippen LogP contribution >= 0.6 is 0 Å². The Morgan fingerprint density at radius 2 is 2.00 bits per heavy atom. The summed E-state index contributed by atoms with van der Waals surface area (Å²) in [6.07, 6.45) is 1.14. The van der Waals surface area contributed by atoms with Gasteiger partial charge in [0.15, 0.2) is 0 Å². The Morgan fingerprint density at radius 3 is 2.47 bits per heavy atom. The largest absolute Gasteiger partial charge is 0.396 e. The molecule has 1 rings (SSSR count). The fraction of sp³-hybridized carbons (Fsp3) is 0.917. The van der Waals surface area contributed by atoms with Crippen LogP contribution in [0.4, 0.5) is 0 Å². The lowest BCUT2D eigenvalue weighted by atomic mass is 9.97. The second-order valence-electron chi connectivity index (χ2n) is 5.11. The lowest BCUT2D eigenvalue weighted by Gasteiger charge is -2.30. The number of rotatable bonds is 6. The van der Waals surface area contributed by atoms with Gasteiger partial charge in [-0.1, -0.05) is 6.92 Å². The molecule has 7 heteroatoms. The first-order chi connectivity index (χ1) is 8.90. The van der Waals surface area contributed by atoms with Crippen molar-refractivity contribution < 1.29 is 18.3 Å². The maximum Gasteiger partial charge on any atom is 0.223 e. The lowest BCUT2D eigenvalue weighted by Crippen LogP contribution is -2.44. The van der Waals surface area contributed by atoms with Gasteiger partial charge in [0.05, 0.1) is 5.75 Å². The van der Waals surface area contributed by atoms with Gasteiger partial charge >= 0.3 is 0 Å². The molecule has 1 heterocycles. The fourth-order valence-electron chi connectivity index (χ4n) is 2.06. The van der Waals surface area contributed by atoms with E-state index in [2.05, 4.69) is 5.32 Å². The third-order valence-corrected chi connectivity index (χ3v) is 5.40. The third kappa shape index (κ3) is 4.74. The van der Waals surface area contributed by atoms with Crippen LogP contribution in [0.25, 0.3) is 0 Å². The number of hydrogen-bond donors (Lipinski definition) is 2. The van der Waals surface area contributed by atoms with Crippen molar-refractivity contribution >= 4 is 15.9 Å². The van der Waals surface area contributed by atoms with Crippen LogP contribution in [0.3, 0.4) is 0 Å². The van der Waals surface area contributed by atoms with Gasteiger partial charge in [0, 0.05) is 32.2 Å². The molecule has 1 aliphatic heterocycles. The van der Waals surface area contributed by atoms with Gasteiger partial charge in [-0.3, -0.25) is 4.79 Å². The van der Waals surface area contributed by atoms with Gasteiger partial charge in [0.1, 0.15) is 0 Å². The molecule has 19 heavy (non-hydrogen) atoms. The number of carbonyl (C=O) groups is 1. The van der Waals surface area contributed by atoms with E-state index in [1.165, 1.54) is 4.31 Å². The van der Waals surface area contributed by atoms with Gasteiger partial charge in [-0.05, 0) is 25.7 Å². The molecule has 0 spiro atoms. The molecule has 0 aliphatic carbocycles. The number of nitrogens with zero attached hydrogens (tertiary/aromatic N) is 1. The van der Waals surface area contributed by atoms with Gasteiger partial charge in [-0.2, -0.15) is 0 Å². The molecule has 1 atom stereocenters. The summed E-state index contributed by atoms with van der Waals surface area (Å²) in [7, 11) is -3.13. The molecule has 1 aliphatic rings. The second-order valence-corrected chi connectivity index (χ2v) is 7.36. The lowest BCUT2D eigenvalue weighted by molar-refractivity contribution is -0.126. The first kappa shape index (κ1) is 16.4. The average molecular weight is 292 g/mol. The smallest absolute Gasteiger partial charge is 0.223 e. The van der Waals surface area contributed by atoms with Gasteiger partial charge in [-0.25, -0.2) is 12.7 Å². The zero-order valence-corrected chi connectivity index (χ0v) is 12.4. The van der Waals surface area contributed by atoms with Crippen LogP contribution in [0.1, 0.15) is 26.7 Å². The average Bonchev–Trinajstić information content (AvgIpc) is 2.44. The molecule has 6 nitrogen and oxygen atoms in total. The Bertz CT molecular complexity index is 389. The Labute approximate surface area is 115 Å². The number of carbonyl (C=O) groups excluding carboxylic acids is 1. The summed E-state index contributed by atoms with van der Waals surface area (Å²) in [5.74, 6) is 0.00489. The van der Waals surface area contributed by atoms with Gasteiger partial charge < -0.3 is 10.4 Å². The monoisotopic (exact) mass is 292 g/mol. The van der Waals surface area contributed by atoms with Gasteiger partial charge in [-0.15, -0.1) is 0 Å². The molecule has 2 N–H and O–H groups in total. The number of piperidine rings is 1. The minimum absolute atomic E-state index is 0.0335. The topological polar surface area (TPSA) is 86.7 Å². The van der Waals surface area contributed by atoms with E-state index >= 15 is 0 Å². The highest BCUT2D eigenvalue weighted by Crippen LogP contribution is 2.20. The zero-order chi connectivity index (χ0) is 14.5. The SMILES string of the molecule is CCS(=O)(=O)N1CCC(C(=O)NCC(C)CO)CC1. The summed E-state index contributed by atoms with van der Waals surface area (Å²) in [5, 5.41) is 11.7. The van der Waals surface area contributed by atoms with Crippen LogP contribution in [-0.2, 0) is 14.8 Å². The van der Waals surface area contributed by atoms with E-state index in [4.69, 9.17) is 5.11 Å². The van der Waals surface area contributed by atoms with Crippen molar-refractivity contribution in [2.45, 2.75) is 26.7 Å². The number of hydrogen-bond acceptors (Lipinski definition) is 4. The van der Waals surface area contributed by atoms with Gasteiger partial charge in [0.25, 0.3) is 0 Å². The number of amides is 1. The van der Waals surface area contributed by atoms with Crippen molar-refractivity contribution in [3.05, 3.63) is 0 Å². The predicted molar refractivity (Wildman–Crippen MR) is 73.0 cm³/mol. The van der Waals surface area contributed by atoms with Crippen LogP contribution < -0.4 is 5.32 Å². The van der Waals surface area contributed by atoms with Crippen LogP contribution in [0, 0.1) is 11.8 Å². The first-order valence-corrected chi connectivity index (χ1v) is 8.38. The highest BCUT2D eigenvalue weighted by Gasteiger charge is 2.29. The summed E-state index contributed by atoms with van der Waals surface area (Å²) in [6, 6.07) is 0. The van der Waals surface area contributed by atoms with Crippen molar-refractivity contribution in [2.75, 3.05) is 32.0 Å². The number of aliphatic hydroxyl groups excluding tert-OH is 1. The Hall–Kier alpha value is -0.660. The minimum atomic E-state index is -3.13. The predicted octanol–water partition coefficient (Wildman–Crippen LogP) is -0.207. The normalized spacial score (nSPS) is 20.2. The molecule has 0 bridgehead atoms. The van der Waals surface area contributed by atoms with E-state index in [0.717, 1.165) is 0 Å². The molecule has 1 saturated heterocycles. The van der Waals surface area contributed by atoms with E-state index in [9.17, 15) is 13.2 Å². The Kier molecular flexibility index (Phi) is 6.22. The molecular weight excluding hydrogens is 268 g/mol. The van der Waals surface area contributed by atoms with Crippen LogP contribution in [-0.4, -0.2) is 55.7 Å². The zero-order valence-electron chi connectivity index (χ0n) is 11.6. The summed E-state index contributed by atoms with van der Waals surface area (Å²) >= 11 is 0. The van der Waals surface area contributed by atoms with E-state index in [1.54, 1.807) is 6.92 Å². The quantitative estimate of drug-likeness (QED) is 0.709. The van der Waals surface area contributed by atoms with E-state index in [1.807, 2.05) is 6.92 Å². The first-order valence-electron chi connectivity index (χ1n) is 6.77. The highest BCUT2D eigenvalue weighted by molar-refractivity contribution is 7.89. The summed E-state index contributed by atoms with van der Waals surface area (Å²) < 4.78 is 24.8. The molecule has 0 radical (unpaired) electrons. The van der Waals surface area contributed by atoms with Crippen LogP contribution in [0.2, 0.25) is 0 Å². The molecular formula is C12H24N2O4S. The maximum atomic E-state index is 11.9. The Morgan fingerprint density at radius 1 is 1.42 bits per heavy atom. The summed E-state index contributed by atoms with van der Waals surface area (Å²) in [4.78, 5) is 11.9. The van der Waals surface area contributed by atoms with Crippen molar-refractivity contribution in [1.82, 2.24) is 9.62 Å². The number of sulfonamides is 1. The van der Waals surface area contributed by atoms with Crippen LogP contribution in [0.15, 0.2) is 0 Å². The third-order valence-electron chi connectivity index (χ3n) is 3.52. The molecule has 0 aromatic heterocycles. The standard InChI is InChI=1S/C12H24N2O4S/c1-3-19(17,18)14-6-4-11(5-7-14)12(16)13-8-10(2)9-15/h10-11,15H,3-9H2,1-2H3,(H,13,16). The molecule has 1 amide bonds. The van der Waals surface area contributed by atoms with Crippen molar-refractivity contribution in [1.29, 1.82) is 0 Å². The van der Waals surface area contributed by atoms with E-state index in [0.29, 0.717) is 32.5 Å². The van der Waals surface area contributed by atoms with Crippen molar-refractivity contribution in [3.63, 3.8) is 0 Å². The maximum absolute atomic E-state index is 11.9.